The predicted octanol–water partition coefficient (Wildman–Crippen LogP) is 1.48. The molecule has 0 saturated carbocycles. The number of benzene rings is 1. The molecule has 3 heterocycles. The third kappa shape index (κ3) is 3.99. The molecule has 7 nitrogen and oxygen atoms in total. The summed E-state index contributed by atoms with van der Waals surface area (Å²) >= 11 is 1.66. The van der Waals surface area contributed by atoms with Gasteiger partial charge in [0.25, 0.3) is 5.91 Å². The fourth-order valence-electron chi connectivity index (χ4n) is 3.30. The number of rotatable bonds is 5. The molecule has 1 fully saturated rings. The standard InChI is InChI=1S/C20H23N5O2S/c1-13-14(2)28-20-17(13)18(23-24-19(26)15-6-4-3-5-7-15)21-16(22-20)12-25-8-10-27-11-9-25/h3-7H,8-12H2,1-2H3,(H,24,26)(H,21,22,23)/p+1. The number of quaternary nitrogens is 1. The molecule has 3 N–H and O–H groups in total. The minimum absolute atomic E-state index is 0.197. The first-order chi connectivity index (χ1) is 13.6. The van der Waals surface area contributed by atoms with Crippen molar-refractivity contribution in [1.82, 2.24) is 15.4 Å². The maximum atomic E-state index is 12.4. The quantitative estimate of drug-likeness (QED) is 0.568. The zero-order valence-electron chi connectivity index (χ0n) is 16.0. The Labute approximate surface area is 167 Å². The van der Waals surface area contributed by atoms with Crippen molar-refractivity contribution in [2.45, 2.75) is 20.4 Å². The number of hydrogen-bond donors (Lipinski definition) is 3. The zero-order valence-corrected chi connectivity index (χ0v) is 16.9. The smallest absolute Gasteiger partial charge is 0.269 e. The van der Waals surface area contributed by atoms with Crippen LogP contribution in [0, 0.1) is 13.8 Å². The van der Waals surface area contributed by atoms with Crippen LogP contribution >= 0.6 is 11.3 Å². The van der Waals surface area contributed by atoms with E-state index in [0.717, 1.165) is 54.5 Å². The minimum atomic E-state index is -0.197. The maximum absolute atomic E-state index is 12.4. The maximum Gasteiger partial charge on any atom is 0.269 e. The Morgan fingerprint density at radius 2 is 1.93 bits per heavy atom. The molecule has 3 aromatic rings. The minimum Gasteiger partial charge on any atom is -0.370 e. The van der Waals surface area contributed by atoms with E-state index in [-0.39, 0.29) is 5.91 Å². The number of nitrogens with one attached hydrogen (secondary N) is 3. The van der Waals surface area contributed by atoms with Gasteiger partial charge in [-0.2, -0.15) is 0 Å². The molecule has 1 aliphatic rings. The van der Waals surface area contributed by atoms with Gasteiger partial charge in [-0.25, -0.2) is 9.97 Å². The number of ether oxygens (including phenoxy) is 1. The van der Waals surface area contributed by atoms with Crippen LogP contribution in [-0.4, -0.2) is 42.2 Å². The lowest BCUT2D eigenvalue weighted by Crippen LogP contribution is -3.12. The second kappa shape index (κ2) is 8.22. The lowest BCUT2D eigenvalue weighted by Gasteiger charge is -2.23. The van der Waals surface area contributed by atoms with E-state index in [1.807, 2.05) is 18.2 Å². The largest absolute Gasteiger partial charge is 0.370 e. The molecular formula is C20H24N5O2S+. The molecule has 0 atom stereocenters. The van der Waals surface area contributed by atoms with Crippen LogP contribution in [0.3, 0.4) is 0 Å². The van der Waals surface area contributed by atoms with E-state index in [1.165, 1.54) is 9.78 Å². The summed E-state index contributed by atoms with van der Waals surface area (Å²) in [5.41, 5.74) is 7.55. The van der Waals surface area contributed by atoms with Gasteiger partial charge in [0.2, 0.25) is 0 Å². The highest BCUT2D eigenvalue weighted by atomic mass is 32.1. The molecule has 1 aliphatic heterocycles. The molecule has 0 spiro atoms. The van der Waals surface area contributed by atoms with E-state index in [9.17, 15) is 4.79 Å². The Morgan fingerprint density at radius 3 is 2.68 bits per heavy atom. The molecule has 1 amide bonds. The van der Waals surface area contributed by atoms with Gasteiger partial charge in [0.15, 0.2) is 11.6 Å². The number of aromatic nitrogens is 2. The Kier molecular flexibility index (Phi) is 5.52. The van der Waals surface area contributed by atoms with Gasteiger partial charge in [-0.3, -0.25) is 15.6 Å². The van der Waals surface area contributed by atoms with Crippen LogP contribution in [0.15, 0.2) is 30.3 Å². The number of hydrogen-bond acceptors (Lipinski definition) is 6. The third-order valence-corrected chi connectivity index (χ3v) is 6.11. The van der Waals surface area contributed by atoms with Crippen LogP contribution in [0.2, 0.25) is 0 Å². The number of carbonyl (C=O) groups is 1. The van der Waals surface area contributed by atoms with Gasteiger partial charge in [-0.15, -0.1) is 11.3 Å². The summed E-state index contributed by atoms with van der Waals surface area (Å²) in [5.74, 6) is 1.23. The van der Waals surface area contributed by atoms with Crippen molar-refractivity contribution in [1.29, 1.82) is 0 Å². The summed E-state index contributed by atoms with van der Waals surface area (Å²) in [5, 5.41) is 0.969. The van der Waals surface area contributed by atoms with Gasteiger partial charge >= 0.3 is 0 Å². The van der Waals surface area contributed by atoms with E-state index >= 15 is 0 Å². The number of aryl methyl sites for hydroxylation is 2. The van der Waals surface area contributed by atoms with Crippen LogP contribution in [-0.2, 0) is 11.3 Å². The summed E-state index contributed by atoms with van der Waals surface area (Å²) in [7, 11) is 0. The van der Waals surface area contributed by atoms with Gasteiger partial charge < -0.3 is 9.64 Å². The number of carbonyl (C=O) groups excluding carboxylic acids is 1. The average molecular weight is 399 g/mol. The SMILES string of the molecule is Cc1sc2nc(C[NH+]3CCOCC3)nc(NNC(=O)c3ccccc3)c2c1C. The normalized spacial score (nSPS) is 14.9. The van der Waals surface area contributed by atoms with E-state index in [0.29, 0.717) is 11.4 Å². The van der Waals surface area contributed by atoms with Crippen molar-refractivity contribution in [2.75, 3.05) is 31.7 Å². The highest BCUT2D eigenvalue weighted by Gasteiger charge is 2.20. The van der Waals surface area contributed by atoms with Crippen molar-refractivity contribution >= 4 is 33.3 Å². The lowest BCUT2D eigenvalue weighted by molar-refractivity contribution is -0.922. The van der Waals surface area contributed by atoms with Gasteiger partial charge in [0.1, 0.15) is 24.5 Å². The number of thiophene rings is 1. The van der Waals surface area contributed by atoms with E-state index in [2.05, 4.69) is 24.7 Å². The van der Waals surface area contributed by atoms with Crippen molar-refractivity contribution in [2.24, 2.45) is 0 Å². The van der Waals surface area contributed by atoms with Crippen molar-refractivity contribution in [3.8, 4) is 0 Å². The fourth-order valence-corrected chi connectivity index (χ4v) is 4.35. The van der Waals surface area contributed by atoms with Crippen LogP contribution in [0.5, 0.6) is 0 Å². The summed E-state index contributed by atoms with van der Waals surface area (Å²) in [6.45, 7) is 8.35. The summed E-state index contributed by atoms with van der Waals surface area (Å²) in [4.78, 5) is 25.5. The monoisotopic (exact) mass is 398 g/mol. The Balaban J connectivity index is 1.60. The topological polar surface area (TPSA) is 80.6 Å². The van der Waals surface area contributed by atoms with E-state index < -0.39 is 0 Å². The molecule has 4 rings (SSSR count). The van der Waals surface area contributed by atoms with Gasteiger partial charge in [0, 0.05) is 10.4 Å². The van der Waals surface area contributed by atoms with E-state index in [4.69, 9.17) is 14.7 Å². The highest BCUT2D eigenvalue weighted by molar-refractivity contribution is 7.18. The number of nitrogens with zero attached hydrogens (tertiary/aromatic N) is 2. The summed E-state index contributed by atoms with van der Waals surface area (Å²) in [6, 6.07) is 9.12. The first-order valence-corrected chi connectivity index (χ1v) is 10.2. The fraction of sp³-hybridized carbons (Fsp3) is 0.350. The molecule has 28 heavy (non-hydrogen) atoms. The number of anilines is 1. The average Bonchev–Trinajstić information content (AvgIpc) is 3.01. The second-order valence-corrected chi connectivity index (χ2v) is 8.14. The zero-order chi connectivity index (χ0) is 19.5. The molecule has 0 aliphatic carbocycles. The van der Waals surface area contributed by atoms with Gasteiger partial charge in [0.05, 0.1) is 18.6 Å². The molecule has 146 valence electrons. The first-order valence-electron chi connectivity index (χ1n) is 9.41. The number of amides is 1. The summed E-state index contributed by atoms with van der Waals surface area (Å²) < 4.78 is 5.44. The molecule has 0 bridgehead atoms. The van der Waals surface area contributed by atoms with Crippen molar-refractivity contribution < 1.29 is 14.4 Å². The molecule has 1 saturated heterocycles. The van der Waals surface area contributed by atoms with Gasteiger partial charge in [-0.1, -0.05) is 18.2 Å². The number of morpholine rings is 1. The number of hydrazine groups is 1. The Bertz CT molecular complexity index is 983. The third-order valence-electron chi connectivity index (χ3n) is 5.01. The van der Waals surface area contributed by atoms with Crippen molar-refractivity contribution in [3.05, 3.63) is 52.2 Å². The van der Waals surface area contributed by atoms with E-state index in [1.54, 1.807) is 23.5 Å². The van der Waals surface area contributed by atoms with Gasteiger partial charge in [-0.05, 0) is 31.5 Å². The summed E-state index contributed by atoms with van der Waals surface area (Å²) in [6.07, 6.45) is 0. The highest BCUT2D eigenvalue weighted by Crippen LogP contribution is 2.32. The van der Waals surface area contributed by atoms with Crippen molar-refractivity contribution in [3.63, 3.8) is 0 Å². The molecule has 2 aromatic heterocycles. The first kappa shape index (κ1) is 18.8. The van der Waals surface area contributed by atoms with Crippen LogP contribution in [0.1, 0.15) is 26.6 Å². The van der Waals surface area contributed by atoms with Crippen LogP contribution in [0.4, 0.5) is 5.82 Å². The molecule has 8 heteroatoms. The number of fused-ring (bicyclic) bond motifs is 1. The molecular weight excluding hydrogens is 374 g/mol. The molecule has 1 aromatic carbocycles. The Hall–Kier alpha value is -2.55. The predicted molar refractivity (Wildman–Crippen MR) is 110 cm³/mol. The Morgan fingerprint density at radius 1 is 1.18 bits per heavy atom. The second-order valence-electron chi connectivity index (χ2n) is 6.94. The molecule has 0 radical (unpaired) electrons. The molecule has 0 unspecified atom stereocenters. The van der Waals surface area contributed by atoms with Crippen LogP contribution < -0.4 is 15.8 Å². The van der Waals surface area contributed by atoms with Crippen LogP contribution in [0.25, 0.3) is 10.2 Å². The lowest BCUT2D eigenvalue weighted by atomic mass is 10.2.